The minimum absolute atomic E-state index is 0.238. The van der Waals surface area contributed by atoms with E-state index in [1.165, 1.54) is 0 Å². The van der Waals surface area contributed by atoms with Crippen molar-refractivity contribution in [3.63, 3.8) is 0 Å². The fourth-order valence-electron chi connectivity index (χ4n) is 2.21. The molecule has 130 valence electrons. The molecule has 0 aliphatic heterocycles. The van der Waals surface area contributed by atoms with Crippen LogP contribution in [0.5, 0.6) is 0 Å². The molecule has 1 unspecified atom stereocenters. The summed E-state index contributed by atoms with van der Waals surface area (Å²) in [5.74, 6) is 0.367. The van der Waals surface area contributed by atoms with Gasteiger partial charge in [-0.05, 0) is 37.3 Å². The van der Waals surface area contributed by atoms with Gasteiger partial charge in [-0.2, -0.15) is 4.98 Å². The zero-order valence-corrected chi connectivity index (χ0v) is 15.2. The molecule has 0 spiro atoms. The highest BCUT2D eigenvalue weighted by molar-refractivity contribution is 6.29. The Kier molecular flexibility index (Phi) is 4.47. The largest absolute Gasteiger partial charge is 0.449 e. The molecule has 0 radical (unpaired) electrons. The number of hydrogen-bond acceptors (Lipinski definition) is 6. The van der Waals surface area contributed by atoms with E-state index in [0.29, 0.717) is 22.1 Å². The SMILES string of the molecule is CC(OC(=O)c1ccc2nc(Cl)ccc2c1)c1nc(C(C)(C)C)no1. The number of rotatable bonds is 3. The number of halogens is 1. The summed E-state index contributed by atoms with van der Waals surface area (Å²) in [6.45, 7) is 7.63. The van der Waals surface area contributed by atoms with Gasteiger partial charge in [0.15, 0.2) is 11.9 Å². The molecule has 0 bridgehead atoms. The Balaban J connectivity index is 1.77. The normalized spacial score (nSPS) is 13.0. The summed E-state index contributed by atoms with van der Waals surface area (Å²) in [6, 6.07) is 8.57. The van der Waals surface area contributed by atoms with Gasteiger partial charge in [-0.1, -0.05) is 37.5 Å². The Morgan fingerprint density at radius 1 is 1.20 bits per heavy atom. The van der Waals surface area contributed by atoms with Crippen molar-refractivity contribution >= 4 is 28.5 Å². The summed E-state index contributed by atoms with van der Waals surface area (Å²) >= 11 is 5.87. The lowest BCUT2D eigenvalue weighted by Crippen LogP contribution is -2.14. The van der Waals surface area contributed by atoms with E-state index >= 15 is 0 Å². The average molecular weight is 360 g/mol. The average Bonchev–Trinajstić information content (AvgIpc) is 3.04. The van der Waals surface area contributed by atoms with Crippen LogP contribution in [-0.4, -0.2) is 21.1 Å². The maximum absolute atomic E-state index is 12.4. The molecular weight excluding hydrogens is 342 g/mol. The Bertz CT molecular complexity index is 931. The van der Waals surface area contributed by atoms with Crippen molar-refractivity contribution in [2.75, 3.05) is 0 Å². The van der Waals surface area contributed by atoms with Crippen LogP contribution in [0.25, 0.3) is 10.9 Å². The van der Waals surface area contributed by atoms with Crippen LogP contribution < -0.4 is 0 Å². The van der Waals surface area contributed by atoms with Crippen LogP contribution in [0, 0.1) is 0 Å². The van der Waals surface area contributed by atoms with Crippen molar-refractivity contribution in [2.24, 2.45) is 0 Å². The van der Waals surface area contributed by atoms with Crippen LogP contribution in [0.15, 0.2) is 34.9 Å². The van der Waals surface area contributed by atoms with Gasteiger partial charge in [-0.25, -0.2) is 9.78 Å². The summed E-state index contributed by atoms with van der Waals surface area (Å²) in [7, 11) is 0. The van der Waals surface area contributed by atoms with Crippen molar-refractivity contribution in [3.05, 3.63) is 52.8 Å². The fourth-order valence-corrected chi connectivity index (χ4v) is 2.37. The topological polar surface area (TPSA) is 78.1 Å². The number of carbonyl (C=O) groups is 1. The van der Waals surface area contributed by atoms with Crippen LogP contribution in [0.1, 0.15) is 55.9 Å². The van der Waals surface area contributed by atoms with Gasteiger partial charge in [0.1, 0.15) is 5.15 Å². The third kappa shape index (κ3) is 3.79. The molecule has 0 saturated carbocycles. The lowest BCUT2D eigenvalue weighted by atomic mass is 9.96. The number of fused-ring (bicyclic) bond motifs is 1. The van der Waals surface area contributed by atoms with E-state index in [9.17, 15) is 4.79 Å². The summed E-state index contributed by atoms with van der Waals surface area (Å²) in [5.41, 5.74) is 0.890. The van der Waals surface area contributed by atoms with Crippen molar-refractivity contribution in [3.8, 4) is 0 Å². The van der Waals surface area contributed by atoms with Gasteiger partial charge in [-0.15, -0.1) is 0 Å². The molecule has 1 atom stereocenters. The Morgan fingerprint density at radius 3 is 2.64 bits per heavy atom. The molecule has 0 fully saturated rings. The van der Waals surface area contributed by atoms with Gasteiger partial charge in [0.25, 0.3) is 5.89 Å². The number of hydrogen-bond donors (Lipinski definition) is 0. The highest BCUT2D eigenvalue weighted by Crippen LogP contribution is 2.24. The van der Waals surface area contributed by atoms with E-state index in [0.717, 1.165) is 5.39 Å². The van der Waals surface area contributed by atoms with Gasteiger partial charge in [-0.3, -0.25) is 0 Å². The minimum atomic E-state index is -0.643. The molecule has 0 amide bonds. The van der Waals surface area contributed by atoms with E-state index in [-0.39, 0.29) is 11.3 Å². The van der Waals surface area contributed by atoms with Gasteiger partial charge in [0.2, 0.25) is 0 Å². The number of aromatic nitrogens is 3. The van der Waals surface area contributed by atoms with Crippen LogP contribution in [-0.2, 0) is 10.2 Å². The van der Waals surface area contributed by atoms with Crippen LogP contribution in [0.3, 0.4) is 0 Å². The highest BCUT2D eigenvalue weighted by atomic mass is 35.5. The van der Waals surface area contributed by atoms with E-state index in [4.69, 9.17) is 20.9 Å². The first-order valence-electron chi connectivity index (χ1n) is 7.85. The van der Waals surface area contributed by atoms with Gasteiger partial charge >= 0.3 is 5.97 Å². The van der Waals surface area contributed by atoms with Crippen LogP contribution >= 0.6 is 11.6 Å². The Hall–Kier alpha value is -2.47. The van der Waals surface area contributed by atoms with Gasteiger partial charge < -0.3 is 9.26 Å². The number of pyridine rings is 1. The van der Waals surface area contributed by atoms with Crippen LogP contribution in [0.4, 0.5) is 0 Å². The molecule has 0 aliphatic rings. The monoisotopic (exact) mass is 359 g/mol. The number of ether oxygens (including phenoxy) is 1. The molecule has 1 aromatic carbocycles. The first kappa shape index (κ1) is 17.4. The second-order valence-electron chi connectivity index (χ2n) is 6.80. The fraction of sp³-hybridized carbons (Fsp3) is 0.333. The summed E-state index contributed by atoms with van der Waals surface area (Å²) in [6.07, 6.45) is -0.643. The third-order valence-corrected chi connectivity index (χ3v) is 3.85. The zero-order valence-electron chi connectivity index (χ0n) is 14.4. The maximum Gasteiger partial charge on any atom is 0.338 e. The highest BCUT2D eigenvalue weighted by Gasteiger charge is 2.25. The number of carbonyl (C=O) groups excluding carboxylic acids is 1. The third-order valence-electron chi connectivity index (χ3n) is 3.64. The molecule has 25 heavy (non-hydrogen) atoms. The predicted molar refractivity (Wildman–Crippen MR) is 93.6 cm³/mol. The molecule has 0 N–H and O–H groups in total. The smallest absolute Gasteiger partial charge is 0.338 e. The lowest BCUT2D eigenvalue weighted by Gasteiger charge is -2.12. The van der Waals surface area contributed by atoms with Crippen LogP contribution in [0.2, 0.25) is 5.15 Å². The predicted octanol–water partition coefficient (Wildman–Crippen LogP) is 4.49. The number of esters is 1. The van der Waals surface area contributed by atoms with E-state index in [1.54, 1.807) is 37.3 Å². The standard InChI is InChI=1S/C18H18ClN3O3/c1-10(15-21-17(22-25-15)18(2,3)4)24-16(23)12-5-7-13-11(9-12)6-8-14(19)20-13/h5-10H,1-4H3. The second-order valence-corrected chi connectivity index (χ2v) is 7.18. The molecule has 6 nitrogen and oxygen atoms in total. The van der Waals surface area contributed by atoms with Crippen molar-refractivity contribution < 1.29 is 14.1 Å². The van der Waals surface area contributed by atoms with Crippen molar-refractivity contribution in [1.29, 1.82) is 0 Å². The summed E-state index contributed by atoms with van der Waals surface area (Å²) in [4.78, 5) is 20.9. The molecule has 3 aromatic rings. The Labute approximate surface area is 150 Å². The molecule has 3 rings (SSSR count). The number of nitrogens with zero attached hydrogens (tertiary/aromatic N) is 3. The first-order valence-corrected chi connectivity index (χ1v) is 8.23. The number of benzene rings is 1. The second kappa shape index (κ2) is 6.44. The Morgan fingerprint density at radius 2 is 1.96 bits per heavy atom. The van der Waals surface area contributed by atoms with Gasteiger partial charge in [0, 0.05) is 10.8 Å². The summed E-state index contributed by atoms with van der Waals surface area (Å²) in [5, 5.41) is 5.15. The minimum Gasteiger partial charge on any atom is -0.449 e. The zero-order chi connectivity index (χ0) is 18.2. The molecule has 2 aromatic heterocycles. The summed E-state index contributed by atoms with van der Waals surface area (Å²) < 4.78 is 10.6. The lowest BCUT2D eigenvalue weighted by molar-refractivity contribution is 0.0265. The van der Waals surface area contributed by atoms with E-state index < -0.39 is 12.1 Å². The van der Waals surface area contributed by atoms with Crippen molar-refractivity contribution in [1.82, 2.24) is 15.1 Å². The molecule has 0 saturated heterocycles. The quantitative estimate of drug-likeness (QED) is 0.506. The van der Waals surface area contributed by atoms with E-state index in [2.05, 4.69) is 15.1 Å². The van der Waals surface area contributed by atoms with E-state index in [1.807, 2.05) is 20.8 Å². The molecule has 7 heteroatoms. The molecular formula is C18H18ClN3O3. The van der Waals surface area contributed by atoms with Gasteiger partial charge in [0.05, 0.1) is 11.1 Å². The maximum atomic E-state index is 12.4. The van der Waals surface area contributed by atoms with Crippen molar-refractivity contribution in [2.45, 2.75) is 39.2 Å². The molecule has 0 aliphatic carbocycles. The first-order chi connectivity index (χ1) is 11.7. The molecule has 2 heterocycles.